The number of carbonyl (C=O) groups excluding carboxylic acids is 2. The van der Waals surface area contributed by atoms with Crippen molar-refractivity contribution in [2.75, 3.05) is 6.61 Å². The van der Waals surface area contributed by atoms with E-state index in [1.807, 2.05) is 0 Å². The minimum Gasteiger partial charge on any atom is -0.463 e. The van der Waals surface area contributed by atoms with Gasteiger partial charge in [0.1, 0.15) is 12.7 Å². The van der Waals surface area contributed by atoms with Gasteiger partial charge in [0.2, 0.25) is 0 Å². The Balaban J connectivity index is 2.59. The maximum absolute atomic E-state index is 13.3. The largest absolute Gasteiger partial charge is 0.463 e. The second-order valence-electron chi connectivity index (χ2n) is 3.39. The first-order chi connectivity index (χ1) is 7.41. The van der Waals surface area contributed by atoms with E-state index in [0.29, 0.717) is 0 Å². The molecule has 4 atom stereocenters. The topological polar surface area (TPSA) is 82.1 Å². The molecular weight excluding hydrogens is 223 g/mol. The summed E-state index contributed by atoms with van der Waals surface area (Å²) in [7, 11) is 0. The van der Waals surface area contributed by atoms with Crippen LogP contribution >= 0.6 is 0 Å². The van der Waals surface area contributed by atoms with Gasteiger partial charge in [-0.05, 0) is 0 Å². The number of aliphatic hydroxyl groups excluding tert-OH is 1. The Labute approximate surface area is 91.3 Å². The smallest absolute Gasteiger partial charge is 0.303 e. The molecule has 2 unspecified atom stereocenters. The monoisotopic (exact) mass is 236 g/mol. The number of esters is 2. The van der Waals surface area contributed by atoms with Gasteiger partial charge >= 0.3 is 11.9 Å². The van der Waals surface area contributed by atoms with Crippen LogP contribution in [0.5, 0.6) is 0 Å². The average molecular weight is 236 g/mol. The molecule has 0 spiro atoms. The molecule has 1 aliphatic heterocycles. The molecule has 0 aliphatic carbocycles. The highest BCUT2D eigenvalue weighted by atomic mass is 19.1. The number of halogens is 1. The van der Waals surface area contributed by atoms with E-state index in [1.54, 1.807) is 0 Å². The van der Waals surface area contributed by atoms with Gasteiger partial charge in [-0.2, -0.15) is 0 Å². The average Bonchev–Trinajstić information content (AvgIpc) is 2.42. The standard InChI is InChI=1S/C9H13FO6/c1-4(11)14-3-6-8(15-5(2)12)7(10)9(13)16-6/h6-9,13H,3H2,1-2H3/t6-,7+,8?,9?/m1/s1. The lowest BCUT2D eigenvalue weighted by Crippen LogP contribution is -2.36. The molecule has 7 heteroatoms. The van der Waals surface area contributed by atoms with Crippen LogP contribution < -0.4 is 0 Å². The quantitative estimate of drug-likeness (QED) is 0.667. The molecule has 0 aromatic rings. The highest BCUT2D eigenvalue weighted by molar-refractivity contribution is 5.66. The molecular formula is C9H13FO6. The second-order valence-corrected chi connectivity index (χ2v) is 3.39. The molecule has 0 saturated carbocycles. The van der Waals surface area contributed by atoms with E-state index in [4.69, 9.17) is 9.84 Å². The summed E-state index contributed by atoms with van der Waals surface area (Å²) in [5, 5.41) is 9.09. The number of rotatable bonds is 3. The zero-order valence-corrected chi connectivity index (χ0v) is 8.88. The Morgan fingerprint density at radius 1 is 1.38 bits per heavy atom. The van der Waals surface area contributed by atoms with Gasteiger partial charge in [-0.15, -0.1) is 0 Å². The van der Waals surface area contributed by atoms with E-state index in [9.17, 15) is 14.0 Å². The van der Waals surface area contributed by atoms with Crippen LogP contribution in [-0.4, -0.2) is 48.3 Å². The van der Waals surface area contributed by atoms with Crippen LogP contribution in [0, 0.1) is 0 Å². The predicted octanol–water partition coefficient (Wildman–Crippen LogP) is -0.464. The molecule has 0 amide bonds. The molecule has 0 bridgehead atoms. The summed E-state index contributed by atoms with van der Waals surface area (Å²) in [5.41, 5.74) is 0. The SMILES string of the molecule is CC(=O)OC[C@H]1OC(O)[C@@H](F)C1OC(C)=O. The molecule has 92 valence electrons. The maximum atomic E-state index is 13.3. The third kappa shape index (κ3) is 3.14. The molecule has 0 radical (unpaired) electrons. The van der Waals surface area contributed by atoms with Crippen LogP contribution in [0.15, 0.2) is 0 Å². The molecule has 0 aromatic carbocycles. The third-order valence-corrected chi connectivity index (χ3v) is 2.02. The van der Waals surface area contributed by atoms with Crippen molar-refractivity contribution in [1.29, 1.82) is 0 Å². The zero-order chi connectivity index (χ0) is 12.3. The van der Waals surface area contributed by atoms with Crippen molar-refractivity contribution < 1.29 is 33.3 Å². The van der Waals surface area contributed by atoms with Crippen molar-refractivity contribution >= 4 is 11.9 Å². The van der Waals surface area contributed by atoms with Gasteiger partial charge in [-0.25, -0.2) is 4.39 Å². The lowest BCUT2D eigenvalue weighted by Gasteiger charge is -2.18. The van der Waals surface area contributed by atoms with E-state index >= 15 is 0 Å². The summed E-state index contributed by atoms with van der Waals surface area (Å²) in [5.74, 6) is -1.26. The molecule has 1 rings (SSSR count). The minimum atomic E-state index is -1.84. The Morgan fingerprint density at radius 3 is 2.50 bits per heavy atom. The zero-order valence-electron chi connectivity index (χ0n) is 8.88. The van der Waals surface area contributed by atoms with Gasteiger partial charge < -0.3 is 19.3 Å². The summed E-state index contributed by atoms with van der Waals surface area (Å²) in [4.78, 5) is 21.3. The molecule has 6 nitrogen and oxygen atoms in total. The van der Waals surface area contributed by atoms with Gasteiger partial charge in [0, 0.05) is 13.8 Å². The highest BCUT2D eigenvalue weighted by Gasteiger charge is 2.47. The number of ether oxygens (including phenoxy) is 3. The summed E-state index contributed by atoms with van der Waals surface area (Å²) in [6.07, 6.45) is -5.76. The van der Waals surface area contributed by atoms with Crippen LogP contribution in [0.4, 0.5) is 4.39 Å². The Bertz CT molecular complexity index is 281. The molecule has 0 aromatic heterocycles. The summed E-state index contributed by atoms with van der Waals surface area (Å²) in [6, 6.07) is 0. The summed E-state index contributed by atoms with van der Waals surface area (Å²) < 4.78 is 27.3. The molecule has 1 saturated heterocycles. The van der Waals surface area contributed by atoms with E-state index in [1.165, 1.54) is 6.92 Å². The van der Waals surface area contributed by atoms with Gasteiger partial charge in [0.15, 0.2) is 18.6 Å². The lowest BCUT2D eigenvalue weighted by atomic mass is 10.1. The van der Waals surface area contributed by atoms with Crippen LogP contribution in [0.1, 0.15) is 13.8 Å². The molecule has 1 fully saturated rings. The van der Waals surface area contributed by atoms with E-state index in [-0.39, 0.29) is 6.61 Å². The first-order valence-corrected chi connectivity index (χ1v) is 4.70. The summed E-state index contributed by atoms with van der Waals surface area (Å²) in [6.45, 7) is 2.02. The number of alkyl halides is 1. The first kappa shape index (κ1) is 12.9. The number of hydrogen-bond donors (Lipinski definition) is 1. The Morgan fingerprint density at radius 2 is 2.00 bits per heavy atom. The Hall–Kier alpha value is -1.21. The van der Waals surface area contributed by atoms with Gasteiger partial charge in [0.25, 0.3) is 0 Å². The molecule has 1 N–H and O–H groups in total. The van der Waals surface area contributed by atoms with Crippen LogP contribution in [-0.2, 0) is 23.8 Å². The fraction of sp³-hybridized carbons (Fsp3) is 0.778. The predicted molar refractivity (Wildman–Crippen MR) is 48.0 cm³/mol. The van der Waals surface area contributed by atoms with Crippen LogP contribution in [0.3, 0.4) is 0 Å². The first-order valence-electron chi connectivity index (χ1n) is 4.70. The normalized spacial score (nSPS) is 33.5. The Kier molecular flexibility index (Phi) is 4.19. The van der Waals surface area contributed by atoms with Gasteiger partial charge in [0.05, 0.1) is 0 Å². The van der Waals surface area contributed by atoms with E-state index in [0.717, 1.165) is 6.92 Å². The fourth-order valence-electron chi connectivity index (χ4n) is 1.37. The van der Waals surface area contributed by atoms with Gasteiger partial charge in [-0.3, -0.25) is 9.59 Å². The number of hydrogen-bond acceptors (Lipinski definition) is 6. The second kappa shape index (κ2) is 5.22. The van der Waals surface area contributed by atoms with E-state index in [2.05, 4.69) is 9.47 Å². The molecule has 1 aliphatic rings. The fourth-order valence-corrected chi connectivity index (χ4v) is 1.37. The van der Waals surface area contributed by atoms with E-state index < -0.39 is 36.6 Å². The van der Waals surface area contributed by atoms with Crippen molar-refractivity contribution in [1.82, 2.24) is 0 Å². The minimum absolute atomic E-state index is 0.273. The molecule has 1 heterocycles. The van der Waals surface area contributed by atoms with Gasteiger partial charge in [-0.1, -0.05) is 0 Å². The van der Waals surface area contributed by atoms with Crippen molar-refractivity contribution in [3.8, 4) is 0 Å². The lowest BCUT2D eigenvalue weighted by molar-refractivity contribution is -0.159. The van der Waals surface area contributed by atoms with Crippen LogP contribution in [0.2, 0.25) is 0 Å². The van der Waals surface area contributed by atoms with Crippen molar-refractivity contribution in [3.63, 3.8) is 0 Å². The number of carbonyl (C=O) groups is 2. The van der Waals surface area contributed by atoms with Crippen molar-refractivity contribution in [3.05, 3.63) is 0 Å². The van der Waals surface area contributed by atoms with Crippen molar-refractivity contribution in [2.24, 2.45) is 0 Å². The number of aliphatic hydroxyl groups is 1. The maximum Gasteiger partial charge on any atom is 0.303 e. The highest BCUT2D eigenvalue weighted by Crippen LogP contribution is 2.25. The third-order valence-electron chi connectivity index (χ3n) is 2.02. The summed E-state index contributed by atoms with van der Waals surface area (Å²) >= 11 is 0. The van der Waals surface area contributed by atoms with Crippen molar-refractivity contribution in [2.45, 2.75) is 38.5 Å². The molecule has 16 heavy (non-hydrogen) atoms. The van der Waals surface area contributed by atoms with Crippen LogP contribution in [0.25, 0.3) is 0 Å².